The molecule has 1 aromatic rings. The summed E-state index contributed by atoms with van der Waals surface area (Å²) in [7, 11) is 0. The maximum Gasteiger partial charge on any atom is 0.573 e. The third-order valence-corrected chi connectivity index (χ3v) is 2.06. The van der Waals surface area contributed by atoms with Crippen molar-refractivity contribution in [3.63, 3.8) is 0 Å². The SMILES string of the molecule is C[C@@H](N)C(=O)NCc1ccccc1OC(F)(F)F. The first-order valence-electron chi connectivity index (χ1n) is 5.16. The smallest absolute Gasteiger partial charge is 0.405 e. The molecule has 0 saturated carbocycles. The van der Waals surface area contributed by atoms with Crippen LogP contribution in [0.1, 0.15) is 12.5 Å². The summed E-state index contributed by atoms with van der Waals surface area (Å²) in [6.07, 6.45) is -4.76. The Morgan fingerprint density at radius 1 is 1.44 bits per heavy atom. The van der Waals surface area contributed by atoms with Crippen molar-refractivity contribution in [2.75, 3.05) is 0 Å². The summed E-state index contributed by atoms with van der Waals surface area (Å²) >= 11 is 0. The lowest BCUT2D eigenvalue weighted by Crippen LogP contribution is -2.37. The van der Waals surface area contributed by atoms with E-state index in [0.717, 1.165) is 0 Å². The molecule has 7 heteroatoms. The van der Waals surface area contributed by atoms with Crippen molar-refractivity contribution in [3.05, 3.63) is 29.8 Å². The first-order valence-corrected chi connectivity index (χ1v) is 5.16. The highest BCUT2D eigenvalue weighted by molar-refractivity contribution is 5.80. The molecule has 0 aliphatic carbocycles. The van der Waals surface area contributed by atoms with E-state index in [2.05, 4.69) is 10.1 Å². The van der Waals surface area contributed by atoms with Crippen LogP contribution in [0.5, 0.6) is 5.75 Å². The third-order valence-electron chi connectivity index (χ3n) is 2.06. The predicted octanol–water partition coefficient (Wildman–Crippen LogP) is 1.55. The molecule has 0 aliphatic rings. The second-order valence-electron chi connectivity index (χ2n) is 3.66. The van der Waals surface area contributed by atoms with E-state index in [-0.39, 0.29) is 17.9 Å². The van der Waals surface area contributed by atoms with Crippen LogP contribution in [0.25, 0.3) is 0 Å². The highest BCUT2D eigenvalue weighted by Crippen LogP contribution is 2.25. The summed E-state index contributed by atoms with van der Waals surface area (Å²) in [5.41, 5.74) is 5.54. The molecular weight excluding hydrogens is 249 g/mol. The molecule has 0 radical (unpaired) electrons. The number of alkyl halides is 3. The van der Waals surface area contributed by atoms with Gasteiger partial charge in [0.1, 0.15) is 5.75 Å². The molecule has 18 heavy (non-hydrogen) atoms. The van der Waals surface area contributed by atoms with Crippen LogP contribution in [0.4, 0.5) is 13.2 Å². The normalized spacial score (nSPS) is 12.9. The van der Waals surface area contributed by atoms with E-state index >= 15 is 0 Å². The first kappa shape index (κ1) is 14.3. The predicted molar refractivity (Wildman–Crippen MR) is 58.6 cm³/mol. The summed E-state index contributed by atoms with van der Waals surface area (Å²) in [6, 6.07) is 4.86. The zero-order chi connectivity index (χ0) is 13.8. The molecule has 0 spiro atoms. The molecule has 0 heterocycles. The van der Waals surface area contributed by atoms with Crippen LogP contribution in [0, 0.1) is 0 Å². The Balaban J connectivity index is 2.74. The lowest BCUT2D eigenvalue weighted by Gasteiger charge is -2.14. The van der Waals surface area contributed by atoms with Gasteiger partial charge in [0.15, 0.2) is 0 Å². The van der Waals surface area contributed by atoms with Crippen LogP contribution >= 0.6 is 0 Å². The lowest BCUT2D eigenvalue weighted by molar-refractivity contribution is -0.274. The Hall–Kier alpha value is -1.76. The number of hydrogen-bond donors (Lipinski definition) is 2. The molecule has 3 N–H and O–H groups in total. The highest BCUT2D eigenvalue weighted by atomic mass is 19.4. The monoisotopic (exact) mass is 262 g/mol. The number of carbonyl (C=O) groups is 1. The van der Waals surface area contributed by atoms with Crippen LogP contribution in [-0.4, -0.2) is 18.3 Å². The molecule has 0 saturated heterocycles. The Bertz CT molecular complexity index is 419. The van der Waals surface area contributed by atoms with Crippen molar-refractivity contribution in [2.24, 2.45) is 5.73 Å². The fourth-order valence-electron chi connectivity index (χ4n) is 1.22. The topological polar surface area (TPSA) is 64.4 Å². The number of carbonyl (C=O) groups excluding carboxylic acids is 1. The Morgan fingerprint density at radius 3 is 2.61 bits per heavy atom. The number of hydrogen-bond acceptors (Lipinski definition) is 3. The van der Waals surface area contributed by atoms with E-state index in [9.17, 15) is 18.0 Å². The molecule has 100 valence electrons. The van der Waals surface area contributed by atoms with Gasteiger partial charge in [-0.1, -0.05) is 18.2 Å². The summed E-state index contributed by atoms with van der Waals surface area (Å²) in [5.74, 6) is -0.785. The molecule has 0 fully saturated rings. The molecule has 1 amide bonds. The number of benzene rings is 1. The van der Waals surface area contributed by atoms with E-state index in [1.54, 1.807) is 6.07 Å². The number of rotatable bonds is 4. The standard InChI is InChI=1S/C11H13F3N2O2/c1-7(15)10(17)16-6-8-4-2-3-5-9(8)18-11(12,13)14/h2-5,7H,6,15H2,1H3,(H,16,17)/t7-/m1/s1. The summed E-state index contributed by atoms with van der Waals surface area (Å²) in [5, 5.41) is 2.41. The maximum atomic E-state index is 12.1. The van der Waals surface area contributed by atoms with Gasteiger partial charge in [-0.3, -0.25) is 4.79 Å². The second-order valence-corrected chi connectivity index (χ2v) is 3.66. The molecule has 0 unspecified atom stereocenters. The van der Waals surface area contributed by atoms with Gasteiger partial charge in [-0.15, -0.1) is 13.2 Å². The molecule has 0 aromatic heterocycles. The van der Waals surface area contributed by atoms with E-state index in [1.165, 1.54) is 25.1 Å². The van der Waals surface area contributed by atoms with Crippen molar-refractivity contribution in [1.29, 1.82) is 0 Å². The van der Waals surface area contributed by atoms with E-state index < -0.39 is 18.3 Å². The van der Waals surface area contributed by atoms with E-state index in [4.69, 9.17) is 5.73 Å². The molecule has 4 nitrogen and oxygen atoms in total. The fraction of sp³-hybridized carbons (Fsp3) is 0.364. The van der Waals surface area contributed by atoms with Gasteiger partial charge in [0, 0.05) is 12.1 Å². The van der Waals surface area contributed by atoms with Crippen molar-refractivity contribution in [3.8, 4) is 5.75 Å². The highest BCUT2D eigenvalue weighted by Gasteiger charge is 2.31. The minimum atomic E-state index is -4.76. The van der Waals surface area contributed by atoms with Gasteiger partial charge in [0.05, 0.1) is 6.04 Å². The summed E-state index contributed by atoms with van der Waals surface area (Å²) in [4.78, 5) is 11.2. The van der Waals surface area contributed by atoms with Crippen molar-refractivity contribution < 1.29 is 22.7 Å². The molecular formula is C11H13F3N2O2. The maximum absolute atomic E-state index is 12.1. The van der Waals surface area contributed by atoms with Gasteiger partial charge in [-0.2, -0.15) is 0 Å². The molecule has 1 aromatic carbocycles. The van der Waals surface area contributed by atoms with Crippen molar-refractivity contribution in [2.45, 2.75) is 25.9 Å². The largest absolute Gasteiger partial charge is 0.573 e. The van der Waals surface area contributed by atoms with Gasteiger partial charge in [0.2, 0.25) is 5.91 Å². The number of para-hydroxylation sites is 1. The van der Waals surface area contributed by atoms with Crippen LogP contribution in [-0.2, 0) is 11.3 Å². The van der Waals surface area contributed by atoms with E-state index in [1.807, 2.05) is 0 Å². The average molecular weight is 262 g/mol. The summed E-state index contributed by atoms with van der Waals surface area (Å²) < 4.78 is 40.2. The number of amides is 1. The minimum Gasteiger partial charge on any atom is -0.405 e. The third kappa shape index (κ3) is 4.62. The number of nitrogens with one attached hydrogen (secondary N) is 1. The van der Waals surface area contributed by atoms with Crippen molar-refractivity contribution >= 4 is 5.91 Å². The van der Waals surface area contributed by atoms with Gasteiger partial charge >= 0.3 is 6.36 Å². The van der Waals surface area contributed by atoms with Crippen LogP contribution < -0.4 is 15.8 Å². The zero-order valence-corrected chi connectivity index (χ0v) is 9.62. The number of ether oxygens (including phenoxy) is 1. The van der Waals surface area contributed by atoms with Crippen LogP contribution in [0.2, 0.25) is 0 Å². The molecule has 0 bridgehead atoms. The van der Waals surface area contributed by atoms with Gasteiger partial charge < -0.3 is 15.8 Å². The molecule has 1 rings (SSSR count). The fourth-order valence-corrected chi connectivity index (χ4v) is 1.22. The Labute approximate surface area is 102 Å². The number of nitrogens with two attached hydrogens (primary N) is 1. The molecule has 0 aliphatic heterocycles. The second kappa shape index (κ2) is 5.72. The van der Waals surface area contributed by atoms with Gasteiger partial charge in [0.25, 0.3) is 0 Å². The first-order chi connectivity index (χ1) is 8.29. The lowest BCUT2D eigenvalue weighted by atomic mass is 10.2. The van der Waals surface area contributed by atoms with E-state index in [0.29, 0.717) is 0 Å². The zero-order valence-electron chi connectivity index (χ0n) is 9.62. The van der Waals surface area contributed by atoms with Gasteiger partial charge in [-0.25, -0.2) is 0 Å². The van der Waals surface area contributed by atoms with Crippen molar-refractivity contribution in [1.82, 2.24) is 5.32 Å². The number of halogens is 3. The molecule has 1 atom stereocenters. The minimum absolute atomic E-state index is 0.0768. The Kier molecular flexibility index (Phi) is 4.55. The average Bonchev–Trinajstić information content (AvgIpc) is 2.25. The Morgan fingerprint density at radius 2 is 2.06 bits per heavy atom. The summed E-state index contributed by atoms with van der Waals surface area (Å²) in [6.45, 7) is 1.40. The quantitative estimate of drug-likeness (QED) is 0.865. The van der Waals surface area contributed by atoms with Gasteiger partial charge in [-0.05, 0) is 13.0 Å². The van der Waals surface area contributed by atoms with Crippen LogP contribution in [0.3, 0.4) is 0 Å². The van der Waals surface area contributed by atoms with Crippen LogP contribution in [0.15, 0.2) is 24.3 Å².